The molecule has 2 rings (SSSR count). The standard InChI is InChI=1S/C16H20BrNO3/c17-12-5-3-4-11(10-12)8-9-15(19)18-14-7-2-1-6-13(14)16(20)21/h3-5,10,13-14H,1-2,6-9H2,(H,18,19)(H,20,21). The van der Waals surface area contributed by atoms with Gasteiger partial charge >= 0.3 is 5.97 Å². The highest BCUT2D eigenvalue weighted by Gasteiger charge is 2.31. The summed E-state index contributed by atoms with van der Waals surface area (Å²) in [6.07, 6.45) is 4.39. The summed E-state index contributed by atoms with van der Waals surface area (Å²) in [4.78, 5) is 23.2. The summed E-state index contributed by atoms with van der Waals surface area (Å²) in [5, 5.41) is 12.1. The van der Waals surface area contributed by atoms with Crippen LogP contribution in [0.3, 0.4) is 0 Å². The molecule has 4 nitrogen and oxygen atoms in total. The molecule has 0 radical (unpaired) electrons. The Morgan fingerprint density at radius 3 is 2.76 bits per heavy atom. The molecule has 1 aromatic rings. The van der Waals surface area contributed by atoms with Crippen LogP contribution in [0.5, 0.6) is 0 Å². The largest absolute Gasteiger partial charge is 0.481 e. The highest BCUT2D eigenvalue weighted by molar-refractivity contribution is 9.10. The summed E-state index contributed by atoms with van der Waals surface area (Å²) in [5.74, 6) is -1.30. The number of carbonyl (C=O) groups excluding carboxylic acids is 1. The van der Waals surface area contributed by atoms with Gasteiger partial charge in [-0.1, -0.05) is 40.9 Å². The molecule has 1 amide bonds. The van der Waals surface area contributed by atoms with E-state index in [4.69, 9.17) is 0 Å². The number of amides is 1. The van der Waals surface area contributed by atoms with Gasteiger partial charge in [-0.3, -0.25) is 9.59 Å². The molecule has 114 valence electrons. The number of nitrogens with one attached hydrogen (secondary N) is 1. The van der Waals surface area contributed by atoms with E-state index >= 15 is 0 Å². The molecule has 1 aliphatic rings. The Hall–Kier alpha value is -1.36. The number of aryl methyl sites for hydroxylation is 1. The topological polar surface area (TPSA) is 66.4 Å². The zero-order chi connectivity index (χ0) is 15.2. The molecule has 0 aliphatic heterocycles. The average molecular weight is 354 g/mol. The van der Waals surface area contributed by atoms with Crippen LogP contribution in [0, 0.1) is 5.92 Å². The summed E-state index contributed by atoms with van der Waals surface area (Å²) in [5.41, 5.74) is 1.10. The first-order valence-electron chi connectivity index (χ1n) is 7.33. The Morgan fingerprint density at radius 2 is 2.05 bits per heavy atom. The lowest BCUT2D eigenvalue weighted by Gasteiger charge is -2.29. The van der Waals surface area contributed by atoms with Crippen molar-refractivity contribution in [1.29, 1.82) is 0 Å². The van der Waals surface area contributed by atoms with E-state index in [1.807, 2.05) is 24.3 Å². The molecule has 5 heteroatoms. The van der Waals surface area contributed by atoms with Crippen molar-refractivity contribution in [3.05, 3.63) is 34.3 Å². The second kappa shape index (κ2) is 7.59. The second-order valence-electron chi connectivity index (χ2n) is 5.53. The van der Waals surface area contributed by atoms with Crippen LogP contribution in [0.2, 0.25) is 0 Å². The highest BCUT2D eigenvalue weighted by atomic mass is 79.9. The van der Waals surface area contributed by atoms with Crippen molar-refractivity contribution >= 4 is 27.8 Å². The summed E-state index contributed by atoms with van der Waals surface area (Å²) in [7, 11) is 0. The molecule has 0 spiro atoms. The number of rotatable bonds is 5. The van der Waals surface area contributed by atoms with Crippen molar-refractivity contribution < 1.29 is 14.7 Å². The average Bonchev–Trinajstić information content (AvgIpc) is 2.45. The van der Waals surface area contributed by atoms with Crippen molar-refractivity contribution in [3.8, 4) is 0 Å². The lowest BCUT2D eigenvalue weighted by atomic mass is 9.84. The molecule has 0 aromatic heterocycles. The number of benzene rings is 1. The molecular formula is C16H20BrNO3. The van der Waals surface area contributed by atoms with Crippen LogP contribution < -0.4 is 5.32 Å². The number of carboxylic acid groups (broad SMARTS) is 1. The van der Waals surface area contributed by atoms with Gasteiger partial charge in [0.05, 0.1) is 5.92 Å². The van der Waals surface area contributed by atoms with Gasteiger partial charge < -0.3 is 10.4 Å². The molecule has 21 heavy (non-hydrogen) atoms. The molecule has 1 saturated carbocycles. The maximum Gasteiger partial charge on any atom is 0.308 e. The number of halogens is 1. The molecule has 1 aromatic carbocycles. The first-order chi connectivity index (χ1) is 10.1. The van der Waals surface area contributed by atoms with Crippen LogP contribution >= 0.6 is 15.9 Å². The zero-order valence-electron chi connectivity index (χ0n) is 11.8. The third-order valence-electron chi connectivity index (χ3n) is 3.96. The molecule has 0 bridgehead atoms. The molecule has 2 unspecified atom stereocenters. The summed E-state index contributed by atoms with van der Waals surface area (Å²) in [6, 6.07) is 7.65. The first-order valence-corrected chi connectivity index (χ1v) is 8.12. The third kappa shape index (κ3) is 4.84. The summed E-state index contributed by atoms with van der Waals surface area (Å²) in [6.45, 7) is 0. The SMILES string of the molecule is O=C(CCc1cccc(Br)c1)NC1CCCCC1C(=O)O. The lowest BCUT2D eigenvalue weighted by molar-refractivity contribution is -0.144. The molecule has 2 atom stereocenters. The van der Waals surface area contributed by atoms with Crippen LogP contribution in [0.1, 0.15) is 37.7 Å². The number of aliphatic carboxylic acids is 1. The van der Waals surface area contributed by atoms with Crippen LogP contribution in [0.15, 0.2) is 28.7 Å². The minimum Gasteiger partial charge on any atom is -0.481 e. The van der Waals surface area contributed by atoms with Gasteiger partial charge in [0.25, 0.3) is 0 Å². The number of hydrogen-bond donors (Lipinski definition) is 2. The minimum atomic E-state index is -0.799. The number of carboxylic acids is 1. The Balaban J connectivity index is 1.84. The molecular weight excluding hydrogens is 334 g/mol. The third-order valence-corrected chi connectivity index (χ3v) is 4.45. The van der Waals surface area contributed by atoms with Gasteiger partial charge in [-0.2, -0.15) is 0 Å². The molecule has 2 N–H and O–H groups in total. The maximum atomic E-state index is 12.0. The molecule has 0 heterocycles. The highest BCUT2D eigenvalue weighted by Crippen LogP contribution is 2.24. The second-order valence-corrected chi connectivity index (χ2v) is 6.45. The monoisotopic (exact) mass is 353 g/mol. The zero-order valence-corrected chi connectivity index (χ0v) is 13.4. The van der Waals surface area contributed by atoms with Crippen LogP contribution in [0.25, 0.3) is 0 Å². The summed E-state index contributed by atoms with van der Waals surface area (Å²) >= 11 is 3.41. The Labute approximate surface area is 133 Å². The van der Waals surface area contributed by atoms with Gasteiger partial charge in [-0.15, -0.1) is 0 Å². The molecule has 1 fully saturated rings. The predicted octanol–water partition coefficient (Wildman–Crippen LogP) is 3.14. The number of hydrogen-bond acceptors (Lipinski definition) is 2. The quantitative estimate of drug-likeness (QED) is 0.854. The van der Waals surface area contributed by atoms with E-state index in [0.29, 0.717) is 19.3 Å². The van der Waals surface area contributed by atoms with Gasteiger partial charge in [0.2, 0.25) is 5.91 Å². The van der Waals surface area contributed by atoms with Crippen molar-refractivity contribution in [2.45, 2.75) is 44.6 Å². The fraction of sp³-hybridized carbons (Fsp3) is 0.500. The van der Waals surface area contributed by atoms with Crippen molar-refractivity contribution in [3.63, 3.8) is 0 Å². The fourth-order valence-corrected chi connectivity index (χ4v) is 3.28. The van der Waals surface area contributed by atoms with Gasteiger partial charge in [0, 0.05) is 16.9 Å². The summed E-state index contributed by atoms with van der Waals surface area (Å²) < 4.78 is 0.999. The van der Waals surface area contributed by atoms with Gasteiger partial charge in [0.1, 0.15) is 0 Å². The van der Waals surface area contributed by atoms with Crippen LogP contribution in [0.4, 0.5) is 0 Å². The first kappa shape index (κ1) is 16.0. The van der Waals surface area contributed by atoms with E-state index in [1.54, 1.807) is 0 Å². The van der Waals surface area contributed by atoms with E-state index in [1.165, 1.54) is 0 Å². The Morgan fingerprint density at radius 1 is 1.29 bits per heavy atom. The normalized spacial score (nSPS) is 21.8. The molecule has 0 saturated heterocycles. The smallest absolute Gasteiger partial charge is 0.308 e. The maximum absolute atomic E-state index is 12.0. The fourth-order valence-electron chi connectivity index (χ4n) is 2.83. The van der Waals surface area contributed by atoms with E-state index in [9.17, 15) is 14.7 Å². The van der Waals surface area contributed by atoms with E-state index in [0.717, 1.165) is 29.3 Å². The van der Waals surface area contributed by atoms with E-state index in [2.05, 4.69) is 21.2 Å². The predicted molar refractivity (Wildman–Crippen MR) is 84.0 cm³/mol. The van der Waals surface area contributed by atoms with Gasteiger partial charge in [0.15, 0.2) is 0 Å². The minimum absolute atomic E-state index is 0.0619. The van der Waals surface area contributed by atoms with E-state index < -0.39 is 11.9 Å². The van der Waals surface area contributed by atoms with Crippen molar-refractivity contribution in [2.75, 3.05) is 0 Å². The Kier molecular flexibility index (Phi) is 5.79. The van der Waals surface area contributed by atoms with E-state index in [-0.39, 0.29) is 11.9 Å². The van der Waals surface area contributed by atoms with Crippen molar-refractivity contribution in [2.24, 2.45) is 5.92 Å². The van der Waals surface area contributed by atoms with Crippen molar-refractivity contribution in [1.82, 2.24) is 5.32 Å². The lowest BCUT2D eigenvalue weighted by Crippen LogP contribution is -2.45. The number of carbonyl (C=O) groups is 2. The van der Waals surface area contributed by atoms with Gasteiger partial charge in [-0.05, 0) is 37.0 Å². The van der Waals surface area contributed by atoms with Crippen LogP contribution in [-0.4, -0.2) is 23.0 Å². The molecule has 1 aliphatic carbocycles. The van der Waals surface area contributed by atoms with Gasteiger partial charge in [-0.25, -0.2) is 0 Å². The van der Waals surface area contributed by atoms with Crippen LogP contribution in [-0.2, 0) is 16.0 Å². The Bertz CT molecular complexity index is 518.